The molecule has 0 amide bonds. The molecular formula is C12H13ClFN3. The van der Waals surface area contributed by atoms with Crippen molar-refractivity contribution in [2.45, 2.75) is 13.0 Å². The Morgan fingerprint density at radius 2 is 2.24 bits per heavy atom. The summed E-state index contributed by atoms with van der Waals surface area (Å²) >= 11 is 5.94. The van der Waals surface area contributed by atoms with E-state index in [1.807, 2.05) is 20.2 Å². The first-order valence-corrected chi connectivity index (χ1v) is 5.65. The van der Waals surface area contributed by atoms with Gasteiger partial charge in [-0.25, -0.2) is 4.39 Å². The molecule has 1 aromatic heterocycles. The second kappa shape index (κ2) is 4.75. The molecule has 17 heavy (non-hydrogen) atoms. The summed E-state index contributed by atoms with van der Waals surface area (Å²) in [5.41, 5.74) is 1.30. The molecule has 1 N–H and O–H groups in total. The summed E-state index contributed by atoms with van der Waals surface area (Å²) in [4.78, 5) is 0. The van der Waals surface area contributed by atoms with Crippen molar-refractivity contribution in [2.75, 3.05) is 5.32 Å². The number of para-hydroxylation sites is 1. The van der Waals surface area contributed by atoms with Gasteiger partial charge in [0.2, 0.25) is 0 Å². The maximum absolute atomic E-state index is 13.6. The molecule has 0 saturated heterocycles. The van der Waals surface area contributed by atoms with E-state index in [9.17, 15) is 4.39 Å². The van der Waals surface area contributed by atoms with E-state index in [1.165, 1.54) is 6.07 Å². The fraction of sp³-hybridized carbons (Fsp3) is 0.250. The minimum Gasteiger partial charge on any atom is -0.375 e. The number of benzene rings is 1. The van der Waals surface area contributed by atoms with Crippen LogP contribution in [0, 0.1) is 5.82 Å². The molecule has 0 bridgehead atoms. The summed E-state index contributed by atoms with van der Waals surface area (Å²) in [6.45, 7) is 1.93. The highest BCUT2D eigenvalue weighted by Gasteiger charge is 2.12. The molecule has 1 heterocycles. The van der Waals surface area contributed by atoms with Gasteiger partial charge in [-0.05, 0) is 19.1 Å². The van der Waals surface area contributed by atoms with Crippen molar-refractivity contribution in [3.05, 3.63) is 47.0 Å². The number of nitrogens with one attached hydrogen (secondary N) is 1. The molecule has 0 saturated carbocycles. The minimum absolute atomic E-state index is 0.0573. The van der Waals surface area contributed by atoms with Gasteiger partial charge in [-0.15, -0.1) is 0 Å². The molecule has 0 aliphatic rings. The summed E-state index contributed by atoms with van der Waals surface area (Å²) in [6.07, 6.45) is 3.62. The number of anilines is 1. The van der Waals surface area contributed by atoms with Crippen LogP contribution < -0.4 is 5.32 Å². The highest BCUT2D eigenvalue weighted by Crippen LogP contribution is 2.28. The van der Waals surface area contributed by atoms with Crippen molar-refractivity contribution in [3.63, 3.8) is 0 Å². The lowest BCUT2D eigenvalue weighted by atomic mass is 10.2. The Hall–Kier alpha value is -1.55. The van der Waals surface area contributed by atoms with Crippen molar-refractivity contribution in [1.82, 2.24) is 9.78 Å². The average Bonchev–Trinajstić information content (AvgIpc) is 2.70. The molecule has 0 fully saturated rings. The molecule has 0 aliphatic carbocycles. The molecular weight excluding hydrogens is 241 g/mol. The van der Waals surface area contributed by atoms with Gasteiger partial charge < -0.3 is 5.32 Å². The second-order valence-corrected chi connectivity index (χ2v) is 4.32. The van der Waals surface area contributed by atoms with E-state index < -0.39 is 0 Å². The van der Waals surface area contributed by atoms with E-state index >= 15 is 0 Å². The van der Waals surface area contributed by atoms with Crippen LogP contribution in [0.15, 0.2) is 30.6 Å². The van der Waals surface area contributed by atoms with Crippen LogP contribution in [0.2, 0.25) is 5.02 Å². The first kappa shape index (κ1) is 11.9. The third kappa shape index (κ3) is 2.58. The van der Waals surface area contributed by atoms with E-state index in [2.05, 4.69) is 10.4 Å². The Kier molecular flexibility index (Phi) is 3.33. The molecule has 0 radical (unpaired) electrons. The van der Waals surface area contributed by atoms with Gasteiger partial charge in [0.25, 0.3) is 0 Å². The van der Waals surface area contributed by atoms with Crippen molar-refractivity contribution in [3.8, 4) is 0 Å². The molecule has 3 nitrogen and oxygen atoms in total. The highest BCUT2D eigenvalue weighted by molar-refractivity contribution is 6.33. The Bertz CT molecular complexity index is 504. The van der Waals surface area contributed by atoms with E-state index in [1.54, 1.807) is 23.0 Å². The van der Waals surface area contributed by atoms with Crippen LogP contribution in [-0.2, 0) is 7.05 Å². The lowest BCUT2D eigenvalue weighted by Gasteiger charge is -2.15. The van der Waals surface area contributed by atoms with Gasteiger partial charge in [-0.2, -0.15) is 5.10 Å². The molecule has 1 atom stereocenters. The first-order valence-electron chi connectivity index (χ1n) is 5.27. The van der Waals surface area contributed by atoms with Gasteiger partial charge in [-0.3, -0.25) is 4.68 Å². The van der Waals surface area contributed by atoms with Crippen molar-refractivity contribution < 1.29 is 4.39 Å². The van der Waals surface area contributed by atoms with Gasteiger partial charge in [-0.1, -0.05) is 17.7 Å². The molecule has 2 rings (SSSR count). The van der Waals surface area contributed by atoms with E-state index in [0.29, 0.717) is 10.7 Å². The largest absolute Gasteiger partial charge is 0.375 e. The molecule has 0 aliphatic heterocycles. The summed E-state index contributed by atoms with van der Waals surface area (Å²) in [5.74, 6) is -0.353. The minimum atomic E-state index is -0.353. The maximum Gasteiger partial charge on any atom is 0.147 e. The third-order valence-electron chi connectivity index (χ3n) is 2.55. The zero-order chi connectivity index (χ0) is 12.4. The van der Waals surface area contributed by atoms with Crippen LogP contribution in [0.25, 0.3) is 0 Å². The number of rotatable bonds is 3. The predicted octanol–water partition coefficient (Wildman–Crippen LogP) is 3.39. The Morgan fingerprint density at radius 3 is 2.82 bits per heavy atom. The monoisotopic (exact) mass is 253 g/mol. The van der Waals surface area contributed by atoms with E-state index in [0.717, 1.165) is 5.56 Å². The molecule has 2 aromatic rings. The van der Waals surface area contributed by atoms with Crippen LogP contribution in [0.4, 0.5) is 10.1 Å². The number of aryl methyl sites for hydroxylation is 1. The Morgan fingerprint density at radius 1 is 1.47 bits per heavy atom. The smallest absolute Gasteiger partial charge is 0.147 e. The van der Waals surface area contributed by atoms with Crippen LogP contribution in [-0.4, -0.2) is 9.78 Å². The van der Waals surface area contributed by atoms with Gasteiger partial charge >= 0.3 is 0 Å². The van der Waals surface area contributed by atoms with Crippen molar-refractivity contribution in [1.29, 1.82) is 0 Å². The lowest BCUT2D eigenvalue weighted by Crippen LogP contribution is -2.07. The average molecular weight is 254 g/mol. The molecule has 0 spiro atoms. The van der Waals surface area contributed by atoms with Crippen LogP contribution in [0.5, 0.6) is 0 Å². The highest BCUT2D eigenvalue weighted by atomic mass is 35.5. The van der Waals surface area contributed by atoms with Crippen LogP contribution in [0.1, 0.15) is 18.5 Å². The normalized spacial score (nSPS) is 12.5. The number of nitrogens with zero attached hydrogens (tertiary/aromatic N) is 2. The number of halogens is 2. The SMILES string of the molecule is CC(Nc1c(F)cccc1Cl)c1cnn(C)c1. The van der Waals surface area contributed by atoms with E-state index in [-0.39, 0.29) is 11.9 Å². The van der Waals surface area contributed by atoms with Crippen molar-refractivity contribution in [2.24, 2.45) is 7.05 Å². The maximum atomic E-state index is 13.6. The summed E-state index contributed by atoms with van der Waals surface area (Å²) in [6, 6.07) is 4.56. The predicted molar refractivity (Wildman–Crippen MR) is 66.7 cm³/mol. The summed E-state index contributed by atoms with van der Waals surface area (Å²) < 4.78 is 15.3. The standard InChI is InChI=1S/C12H13ClFN3/c1-8(9-6-15-17(2)7-9)16-12-10(13)4-3-5-11(12)14/h3-8,16H,1-2H3. The Balaban J connectivity index is 2.21. The number of hydrogen-bond donors (Lipinski definition) is 1. The molecule has 90 valence electrons. The van der Waals surface area contributed by atoms with Crippen LogP contribution >= 0.6 is 11.6 Å². The Labute approximate surface area is 104 Å². The second-order valence-electron chi connectivity index (χ2n) is 3.91. The number of aromatic nitrogens is 2. The van der Waals surface area contributed by atoms with Crippen LogP contribution in [0.3, 0.4) is 0 Å². The molecule has 5 heteroatoms. The van der Waals surface area contributed by atoms with Gasteiger partial charge in [0.1, 0.15) is 5.82 Å². The fourth-order valence-electron chi connectivity index (χ4n) is 1.60. The topological polar surface area (TPSA) is 29.9 Å². The van der Waals surface area contributed by atoms with Gasteiger partial charge in [0, 0.05) is 18.8 Å². The summed E-state index contributed by atoms with van der Waals surface area (Å²) in [7, 11) is 1.84. The van der Waals surface area contributed by atoms with Gasteiger partial charge in [0.05, 0.1) is 22.9 Å². The zero-order valence-electron chi connectivity index (χ0n) is 9.61. The third-order valence-corrected chi connectivity index (χ3v) is 2.86. The molecule has 1 unspecified atom stereocenters. The zero-order valence-corrected chi connectivity index (χ0v) is 10.4. The van der Waals surface area contributed by atoms with Gasteiger partial charge in [0.15, 0.2) is 0 Å². The first-order chi connectivity index (χ1) is 8.08. The fourth-order valence-corrected chi connectivity index (χ4v) is 1.82. The van der Waals surface area contributed by atoms with Crippen molar-refractivity contribution >= 4 is 17.3 Å². The summed E-state index contributed by atoms with van der Waals surface area (Å²) in [5, 5.41) is 7.50. The van der Waals surface area contributed by atoms with E-state index in [4.69, 9.17) is 11.6 Å². The lowest BCUT2D eigenvalue weighted by molar-refractivity contribution is 0.627. The molecule has 1 aromatic carbocycles. The number of hydrogen-bond acceptors (Lipinski definition) is 2. The quantitative estimate of drug-likeness (QED) is 0.909.